The van der Waals surface area contributed by atoms with E-state index in [1.54, 1.807) is 19.1 Å². The summed E-state index contributed by atoms with van der Waals surface area (Å²) >= 11 is 0. The zero-order chi connectivity index (χ0) is 16.3. The second kappa shape index (κ2) is 9.16. The second-order valence-corrected chi connectivity index (χ2v) is 6.37. The summed E-state index contributed by atoms with van der Waals surface area (Å²) in [5.41, 5.74) is 1.24. The average molecular weight is 378 g/mol. The Balaban J connectivity index is 0.00000264. The van der Waals surface area contributed by atoms with Crippen molar-refractivity contribution in [2.45, 2.75) is 39.7 Å². The Morgan fingerprint density at radius 1 is 1.29 bits per heavy atom. The molecule has 0 saturated carbocycles. The molecule has 2 N–H and O–H groups in total. The van der Waals surface area contributed by atoms with E-state index in [4.69, 9.17) is 14.3 Å². The fourth-order valence-electron chi connectivity index (χ4n) is 2.31. The molecule has 24 heavy (non-hydrogen) atoms. The summed E-state index contributed by atoms with van der Waals surface area (Å²) in [6, 6.07) is 5.40. The van der Waals surface area contributed by atoms with Crippen LogP contribution >= 0.6 is 24.8 Å². The van der Waals surface area contributed by atoms with Gasteiger partial charge < -0.3 is 19.6 Å². The van der Waals surface area contributed by atoms with Crippen LogP contribution in [0.4, 0.5) is 0 Å². The van der Waals surface area contributed by atoms with Gasteiger partial charge in [0.15, 0.2) is 0 Å². The molecule has 0 fully saturated rings. The fourth-order valence-corrected chi connectivity index (χ4v) is 2.31. The first-order valence-corrected chi connectivity index (χ1v) is 7.43. The zero-order valence-corrected chi connectivity index (χ0v) is 16.0. The summed E-state index contributed by atoms with van der Waals surface area (Å²) in [4.78, 5) is 11.2. The minimum absolute atomic E-state index is 0. The van der Waals surface area contributed by atoms with E-state index in [2.05, 4.69) is 26.1 Å². The third-order valence-electron chi connectivity index (χ3n) is 3.34. The van der Waals surface area contributed by atoms with Crippen LogP contribution in [0.25, 0.3) is 11.0 Å². The maximum Gasteiger partial charge on any atom is 0.372 e. The molecular weight excluding hydrogens is 353 g/mol. The van der Waals surface area contributed by atoms with Crippen molar-refractivity contribution in [3.05, 3.63) is 29.5 Å². The van der Waals surface area contributed by atoms with E-state index in [1.807, 2.05) is 6.07 Å². The lowest BCUT2D eigenvalue weighted by atomic mass is 10.1. The summed E-state index contributed by atoms with van der Waals surface area (Å²) < 4.78 is 11.2. The molecule has 0 aliphatic carbocycles. The molecule has 2 rings (SSSR count). The van der Waals surface area contributed by atoms with E-state index in [0.29, 0.717) is 23.5 Å². The molecule has 1 heterocycles. The number of aromatic carboxylic acids is 1. The highest BCUT2D eigenvalue weighted by atomic mass is 35.5. The molecule has 0 aliphatic rings. The molecule has 0 aliphatic heterocycles. The van der Waals surface area contributed by atoms with Gasteiger partial charge in [-0.2, -0.15) is 0 Å². The maximum absolute atomic E-state index is 11.2. The van der Waals surface area contributed by atoms with E-state index in [9.17, 15) is 4.79 Å². The third kappa shape index (κ3) is 5.58. The van der Waals surface area contributed by atoms with Crippen molar-refractivity contribution in [2.75, 3.05) is 13.2 Å². The van der Waals surface area contributed by atoms with Gasteiger partial charge in [0.2, 0.25) is 5.76 Å². The van der Waals surface area contributed by atoms with Gasteiger partial charge in [-0.15, -0.1) is 24.8 Å². The highest BCUT2D eigenvalue weighted by molar-refractivity contribution is 5.97. The van der Waals surface area contributed by atoms with Crippen LogP contribution < -0.4 is 10.1 Å². The molecule has 5 nitrogen and oxygen atoms in total. The van der Waals surface area contributed by atoms with Crippen molar-refractivity contribution in [1.29, 1.82) is 0 Å². The second-order valence-electron chi connectivity index (χ2n) is 6.37. The maximum atomic E-state index is 11.2. The van der Waals surface area contributed by atoms with E-state index < -0.39 is 5.97 Å². The van der Waals surface area contributed by atoms with E-state index in [1.165, 1.54) is 0 Å². The number of rotatable bonds is 6. The van der Waals surface area contributed by atoms with E-state index in [0.717, 1.165) is 18.4 Å². The number of ether oxygens (including phenoxy) is 1. The van der Waals surface area contributed by atoms with Crippen LogP contribution in [-0.2, 0) is 0 Å². The number of furan rings is 1. The number of nitrogens with one attached hydrogen (secondary N) is 1. The monoisotopic (exact) mass is 377 g/mol. The topological polar surface area (TPSA) is 71.7 Å². The molecule has 7 heteroatoms. The SMILES string of the molecule is Cc1c(C(=O)O)oc2cccc(OCCCNC(C)(C)C)c12.Cl.Cl. The molecule has 0 amide bonds. The lowest BCUT2D eigenvalue weighted by molar-refractivity contribution is 0.0664. The predicted molar refractivity (Wildman–Crippen MR) is 100 cm³/mol. The Kier molecular flexibility index (Phi) is 8.61. The van der Waals surface area contributed by atoms with Crippen molar-refractivity contribution < 1.29 is 19.1 Å². The highest BCUT2D eigenvalue weighted by Gasteiger charge is 2.19. The van der Waals surface area contributed by atoms with Crippen LogP contribution in [0.15, 0.2) is 22.6 Å². The molecule has 0 atom stereocenters. The molecule has 1 aromatic carbocycles. The van der Waals surface area contributed by atoms with Gasteiger partial charge in [0.1, 0.15) is 11.3 Å². The van der Waals surface area contributed by atoms with Crippen LogP contribution in [0.5, 0.6) is 5.75 Å². The number of aryl methyl sites for hydroxylation is 1. The Hall–Kier alpha value is -1.43. The number of hydrogen-bond acceptors (Lipinski definition) is 4. The number of carboxylic acids is 1. The molecule has 0 bridgehead atoms. The molecule has 0 radical (unpaired) electrons. The molecule has 0 spiro atoms. The highest BCUT2D eigenvalue weighted by Crippen LogP contribution is 2.33. The number of benzene rings is 1. The largest absolute Gasteiger partial charge is 0.493 e. The normalized spacial score (nSPS) is 10.8. The summed E-state index contributed by atoms with van der Waals surface area (Å²) in [6.07, 6.45) is 0.871. The molecule has 136 valence electrons. The average Bonchev–Trinajstić information content (AvgIpc) is 2.75. The summed E-state index contributed by atoms with van der Waals surface area (Å²) in [6.45, 7) is 9.54. The van der Waals surface area contributed by atoms with Crippen molar-refractivity contribution in [3.8, 4) is 5.75 Å². The van der Waals surface area contributed by atoms with Crippen molar-refractivity contribution in [1.82, 2.24) is 5.32 Å². The Morgan fingerprint density at radius 3 is 2.54 bits per heavy atom. The van der Waals surface area contributed by atoms with Crippen LogP contribution in [-0.4, -0.2) is 29.8 Å². The van der Waals surface area contributed by atoms with Gasteiger partial charge in [0, 0.05) is 11.1 Å². The van der Waals surface area contributed by atoms with Gasteiger partial charge in [-0.25, -0.2) is 4.79 Å². The van der Waals surface area contributed by atoms with E-state index >= 15 is 0 Å². The third-order valence-corrected chi connectivity index (χ3v) is 3.34. The van der Waals surface area contributed by atoms with Crippen LogP contribution in [0, 0.1) is 6.92 Å². The van der Waals surface area contributed by atoms with Crippen molar-refractivity contribution in [2.24, 2.45) is 0 Å². The summed E-state index contributed by atoms with van der Waals surface area (Å²) in [7, 11) is 0. The first-order chi connectivity index (χ1) is 10.3. The first-order valence-electron chi connectivity index (χ1n) is 7.43. The number of halogens is 2. The first kappa shape index (κ1) is 22.6. The fraction of sp³-hybridized carbons (Fsp3) is 0.471. The lowest BCUT2D eigenvalue weighted by Crippen LogP contribution is -2.36. The number of hydrogen-bond donors (Lipinski definition) is 2. The smallest absolute Gasteiger partial charge is 0.372 e. The Morgan fingerprint density at radius 2 is 1.96 bits per heavy atom. The van der Waals surface area contributed by atoms with Gasteiger partial charge in [-0.1, -0.05) is 6.07 Å². The van der Waals surface area contributed by atoms with Crippen molar-refractivity contribution >= 4 is 41.8 Å². The minimum atomic E-state index is -1.06. The van der Waals surface area contributed by atoms with Gasteiger partial charge in [0.25, 0.3) is 0 Å². The number of carboxylic acid groups (broad SMARTS) is 1. The van der Waals surface area contributed by atoms with Crippen LogP contribution in [0.2, 0.25) is 0 Å². The number of carbonyl (C=O) groups is 1. The Labute approximate surface area is 154 Å². The van der Waals surface area contributed by atoms with Gasteiger partial charge in [0.05, 0.1) is 12.0 Å². The molecular formula is C17H25Cl2NO4. The standard InChI is InChI=1S/C17H23NO4.2ClH/c1-11-14-12(21-10-6-9-18-17(2,3)4)7-5-8-13(14)22-15(11)16(19)20;;/h5,7-8,18H,6,9-10H2,1-4H3,(H,19,20);2*1H. The zero-order valence-electron chi connectivity index (χ0n) is 14.3. The lowest BCUT2D eigenvalue weighted by Gasteiger charge is -2.20. The molecule has 1 aromatic heterocycles. The summed E-state index contributed by atoms with van der Waals surface area (Å²) in [5, 5.41) is 13.3. The van der Waals surface area contributed by atoms with Crippen LogP contribution in [0.3, 0.4) is 0 Å². The minimum Gasteiger partial charge on any atom is -0.493 e. The predicted octanol–water partition coefficient (Wildman–Crippen LogP) is 4.44. The van der Waals surface area contributed by atoms with Gasteiger partial charge in [-0.3, -0.25) is 0 Å². The van der Waals surface area contributed by atoms with Gasteiger partial charge in [-0.05, 0) is 52.8 Å². The van der Waals surface area contributed by atoms with Crippen LogP contribution in [0.1, 0.15) is 43.3 Å². The van der Waals surface area contributed by atoms with Gasteiger partial charge >= 0.3 is 5.97 Å². The van der Waals surface area contributed by atoms with E-state index in [-0.39, 0.29) is 36.1 Å². The Bertz CT molecular complexity index is 677. The van der Waals surface area contributed by atoms with Crippen molar-refractivity contribution in [3.63, 3.8) is 0 Å². The molecule has 0 saturated heterocycles. The quantitative estimate of drug-likeness (QED) is 0.727. The molecule has 0 unspecified atom stereocenters. The summed E-state index contributed by atoms with van der Waals surface area (Å²) in [5.74, 6) is -0.420. The number of fused-ring (bicyclic) bond motifs is 1. The molecule has 2 aromatic rings.